The zero-order valence-electron chi connectivity index (χ0n) is 23.9. The Bertz CT molecular complexity index is 1250. The largest absolute Gasteiger partial charge is 0.458 e. The molecule has 5 rings (SSSR count). The highest BCUT2D eigenvalue weighted by molar-refractivity contribution is 7.86. The number of esters is 4. The van der Waals surface area contributed by atoms with E-state index in [1.54, 1.807) is 0 Å². The SMILES string of the molecule is CCC(CC)(OC(=O)C1C2CC3C(OC(=O)C31)C2OC(=O)COCC(=O)OC(C)C(F)(F)S(=O)(=O)O)C1CC2CCC1O2. The van der Waals surface area contributed by atoms with Crippen molar-refractivity contribution in [2.45, 2.75) is 101 Å². The fourth-order valence-electron chi connectivity index (χ4n) is 7.84. The van der Waals surface area contributed by atoms with Gasteiger partial charge in [-0.2, -0.15) is 17.2 Å². The summed E-state index contributed by atoms with van der Waals surface area (Å²) in [6.45, 7) is 2.67. The Morgan fingerprint density at radius 2 is 1.74 bits per heavy atom. The summed E-state index contributed by atoms with van der Waals surface area (Å²) in [6.07, 6.45) is 0.222. The van der Waals surface area contributed by atoms with Gasteiger partial charge in [-0.3, -0.25) is 14.1 Å². The molecule has 4 bridgehead atoms. The van der Waals surface area contributed by atoms with Crippen LogP contribution in [0, 0.1) is 29.6 Å². The fraction of sp³-hybridized carbons (Fsp3) is 0.852. The van der Waals surface area contributed by atoms with E-state index in [-0.39, 0.29) is 24.0 Å². The highest BCUT2D eigenvalue weighted by atomic mass is 32.2. The molecule has 3 heterocycles. The van der Waals surface area contributed by atoms with Crippen molar-refractivity contribution in [2.24, 2.45) is 29.6 Å². The van der Waals surface area contributed by atoms with E-state index >= 15 is 0 Å². The fourth-order valence-corrected chi connectivity index (χ4v) is 8.30. The maximum atomic E-state index is 13.8. The molecule has 43 heavy (non-hydrogen) atoms. The van der Waals surface area contributed by atoms with E-state index in [1.165, 1.54) is 0 Å². The summed E-state index contributed by atoms with van der Waals surface area (Å²) in [4.78, 5) is 50.9. The molecule has 10 unspecified atom stereocenters. The maximum absolute atomic E-state index is 13.8. The first-order valence-electron chi connectivity index (χ1n) is 14.5. The second-order valence-electron chi connectivity index (χ2n) is 12.0. The summed E-state index contributed by atoms with van der Waals surface area (Å²) < 4.78 is 89.8. The lowest BCUT2D eigenvalue weighted by Crippen LogP contribution is -2.50. The molecule has 0 amide bonds. The second kappa shape index (κ2) is 11.5. The Hall–Kier alpha value is -2.43. The second-order valence-corrected chi connectivity index (χ2v) is 13.5. The van der Waals surface area contributed by atoms with Gasteiger partial charge in [0.05, 0.1) is 24.0 Å². The van der Waals surface area contributed by atoms with E-state index in [0.717, 1.165) is 19.3 Å². The van der Waals surface area contributed by atoms with Gasteiger partial charge in [-0.25, -0.2) is 9.59 Å². The predicted octanol–water partition coefficient (Wildman–Crippen LogP) is 1.80. The van der Waals surface area contributed by atoms with Gasteiger partial charge in [-0.05, 0) is 45.4 Å². The number of fused-ring (bicyclic) bond motifs is 3. The average molecular weight is 639 g/mol. The molecule has 2 aliphatic carbocycles. The van der Waals surface area contributed by atoms with Crippen LogP contribution in [-0.2, 0) is 57.7 Å². The van der Waals surface area contributed by atoms with Crippen molar-refractivity contribution in [3.05, 3.63) is 0 Å². The van der Waals surface area contributed by atoms with Crippen molar-refractivity contribution in [1.29, 1.82) is 0 Å². The van der Waals surface area contributed by atoms with Crippen molar-refractivity contribution in [2.75, 3.05) is 13.2 Å². The lowest BCUT2D eigenvalue weighted by molar-refractivity contribution is -0.184. The molecule has 13 nitrogen and oxygen atoms in total. The Labute approximate surface area is 246 Å². The predicted molar refractivity (Wildman–Crippen MR) is 137 cm³/mol. The zero-order valence-corrected chi connectivity index (χ0v) is 24.8. The van der Waals surface area contributed by atoms with E-state index in [9.17, 15) is 36.4 Å². The van der Waals surface area contributed by atoms with Crippen molar-refractivity contribution in [3.63, 3.8) is 0 Å². The zero-order chi connectivity index (χ0) is 31.5. The highest BCUT2D eigenvalue weighted by Gasteiger charge is 2.70. The molecule has 10 atom stereocenters. The molecule has 5 aliphatic rings. The number of rotatable bonds is 13. The van der Waals surface area contributed by atoms with Crippen molar-refractivity contribution in [1.82, 2.24) is 0 Å². The van der Waals surface area contributed by atoms with Crippen LogP contribution in [0.4, 0.5) is 8.78 Å². The van der Waals surface area contributed by atoms with Crippen LogP contribution in [0.2, 0.25) is 0 Å². The van der Waals surface area contributed by atoms with Crippen LogP contribution < -0.4 is 0 Å². The molecule has 2 saturated carbocycles. The van der Waals surface area contributed by atoms with Crippen LogP contribution in [0.3, 0.4) is 0 Å². The first-order valence-corrected chi connectivity index (χ1v) is 16.0. The van der Waals surface area contributed by atoms with Gasteiger partial charge < -0.3 is 28.4 Å². The number of hydrogen-bond acceptors (Lipinski definition) is 12. The molecule has 3 saturated heterocycles. The van der Waals surface area contributed by atoms with Crippen LogP contribution in [-0.4, -0.2) is 91.4 Å². The summed E-state index contributed by atoms with van der Waals surface area (Å²) in [5.74, 6) is -5.86. The molecule has 1 N–H and O–H groups in total. The van der Waals surface area contributed by atoms with E-state index < -0.39 is 94.1 Å². The Morgan fingerprint density at radius 3 is 2.33 bits per heavy atom. The number of carbonyl (C=O) groups is 4. The van der Waals surface area contributed by atoms with Crippen LogP contribution in [0.1, 0.15) is 59.3 Å². The summed E-state index contributed by atoms with van der Waals surface area (Å²) in [5, 5.41) is -4.75. The molecule has 0 aromatic rings. The van der Waals surface area contributed by atoms with Gasteiger partial charge >= 0.3 is 39.2 Å². The van der Waals surface area contributed by atoms with Gasteiger partial charge in [0, 0.05) is 17.8 Å². The summed E-state index contributed by atoms with van der Waals surface area (Å²) in [5.41, 5.74) is -0.752. The smallest absolute Gasteiger partial charge is 0.405 e. The minimum Gasteiger partial charge on any atom is -0.458 e. The molecule has 0 aromatic heterocycles. The maximum Gasteiger partial charge on any atom is 0.405 e. The monoisotopic (exact) mass is 638 g/mol. The molecule has 0 aromatic carbocycles. The molecular weight excluding hydrogens is 602 g/mol. The number of alkyl halides is 2. The lowest BCUT2D eigenvalue weighted by Gasteiger charge is -2.41. The van der Waals surface area contributed by atoms with Gasteiger partial charge in [0.1, 0.15) is 31.0 Å². The van der Waals surface area contributed by atoms with Crippen LogP contribution in [0.25, 0.3) is 0 Å². The third-order valence-corrected chi connectivity index (χ3v) is 11.0. The molecule has 242 valence electrons. The van der Waals surface area contributed by atoms with Gasteiger partial charge in [0.25, 0.3) is 0 Å². The Morgan fingerprint density at radius 1 is 1.07 bits per heavy atom. The number of halogens is 2. The van der Waals surface area contributed by atoms with E-state index in [1.807, 2.05) is 13.8 Å². The van der Waals surface area contributed by atoms with Gasteiger partial charge in [0.2, 0.25) is 0 Å². The third kappa shape index (κ3) is 5.52. The quantitative estimate of drug-likeness (QED) is 0.176. The topological polar surface area (TPSA) is 178 Å². The number of carbonyl (C=O) groups excluding carboxylic acids is 4. The first-order chi connectivity index (χ1) is 20.1. The van der Waals surface area contributed by atoms with Crippen molar-refractivity contribution in [3.8, 4) is 0 Å². The summed E-state index contributed by atoms with van der Waals surface area (Å²) in [6, 6.07) is 0. The van der Waals surface area contributed by atoms with Gasteiger partial charge in [-0.1, -0.05) is 13.8 Å². The van der Waals surface area contributed by atoms with Gasteiger partial charge in [0.15, 0.2) is 6.10 Å². The van der Waals surface area contributed by atoms with Crippen molar-refractivity contribution >= 4 is 34.0 Å². The third-order valence-electron chi connectivity index (χ3n) is 9.93. The van der Waals surface area contributed by atoms with Crippen LogP contribution >= 0.6 is 0 Å². The van der Waals surface area contributed by atoms with E-state index in [2.05, 4.69) is 4.74 Å². The number of ether oxygens (including phenoxy) is 6. The Kier molecular flexibility index (Phi) is 8.55. The lowest BCUT2D eigenvalue weighted by atomic mass is 9.73. The molecule has 16 heteroatoms. The minimum atomic E-state index is -5.84. The molecular formula is C27H36F2O13S. The molecule has 5 fully saturated rings. The first kappa shape index (κ1) is 32.0. The molecule has 0 radical (unpaired) electrons. The van der Waals surface area contributed by atoms with Crippen molar-refractivity contribution < 1.29 is 69.4 Å². The van der Waals surface area contributed by atoms with E-state index in [0.29, 0.717) is 26.2 Å². The standard InChI is InChI=1S/C27H36F2O13S/c1-4-26(5-2,16-8-13-6-7-17(16)39-13)42-25(33)21-15-9-14-20(21)24(32)41-23(14)22(15)40-19(31)11-37-10-18(30)38-12(3)27(28,29)43(34,35)36/h12-17,20-23H,4-11H2,1-3H3,(H,34,35,36). The van der Waals surface area contributed by atoms with Crippen LogP contribution in [0.5, 0.6) is 0 Å². The summed E-state index contributed by atoms with van der Waals surface area (Å²) >= 11 is 0. The molecule has 0 spiro atoms. The van der Waals surface area contributed by atoms with Crippen LogP contribution in [0.15, 0.2) is 0 Å². The number of hydrogen-bond donors (Lipinski definition) is 1. The van der Waals surface area contributed by atoms with Gasteiger partial charge in [-0.15, -0.1) is 0 Å². The highest BCUT2D eigenvalue weighted by Crippen LogP contribution is 2.59. The average Bonchev–Trinajstić information content (AvgIpc) is 3.74. The molecule has 3 aliphatic heterocycles. The Balaban J connectivity index is 1.18. The normalized spacial score (nSPS) is 35.1. The van der Waals surface area contributed by atoms with E-state index in [4.69, 9.17) is 28.2 Å². The minimum absolute atomic E-state index is 0.0203. The summed E-state index contributed by atoms with van der Waals surface area (Å²) in [7, 11) is -5.84.